The first-order chi connectivity index (χ1) is 23.0. The van der Waals surface area contributed by atoms with Crippen LogP contribution >= 0.6 is 0 Å². The molecule has 16 atom stereocenters. The maximum atomic E-state index is 13.0. The first-order valence-electron chi connectivity index (χ1n) is 15.7. The SMILES string of the molecule is CC(=O)O[C@@H]1[C@@H](O)[C@H](C)O[C@@H](O[C@H]2[C@H]3C=CO[C@@H](O[C@H]4O[C@@H](CO)[C@H](O)[C@@H](O)[C@@H]4O)[C@H]3[C@@]3(CO)O[C@@H]23)[C@@H]1OC(=O)/C=C/c1ccccc1. The minimum Gasteiger partial charge on any atom is -0.472 e. The van der Waals surface area contributed by atoms with E-state index in [4.69, 9.17) is 37.9 Å². The highest BCUT2D eigenvalue weighted by Crippen LogP contribution is 2.61. The summed E-state index contributed by atoms with van der Waals surface area (Å²) >= 11 is 0. The normalized spacial score (nSPS) is 44.8. The maximum Gasteiger partial charge on any atom is 0.331 e. The number of aliphatic hydroxyl groups excluding tert-OH is 6. The lowest BCUT2D eigenvalue weighted by atomic mass is 9.85. The van der Waals surface area contributed by atoms with Gasteiger partial charge < -0.3 is 68.5 Å². The highest BCUT2D eigenvalue weighted by atomic mass is 16.8. The summed E-state index contributed by atoms with van der Waals surface area (Å²) in [5, 5.41) is 62.0. The number of ether oxygens (including phenoxy) is 8. The summed E-state index contributed by atoms with van der Waals surface area (Å²) in [5.41, 5.74) is -0.527. The third-order valence-corrected chi connectivity index (χ3v) is 9.41. The molecule has 1 aromatic carbocycles. The van der Waals surface area contributed by atoms with Crippen LogP contribution in [0.1, 0.15) is 19.4 Å². The zero-order valence-electron chi connectivity index (χ0n) is 26.0. The standard InChI is InChI=1S/C32H40O16/c1-14-21(37)26(43-15(2)35)27(45-19(36)9-8-16-6-4-3-5-7-16)31(42-14)46-25-17-10-11-41-29(20(17)32(13-34)28(25)48-32)47-30-24(40)23(39)22(38)18(12-33)44-30/h3-11,14,17-18,20-31,33-34,37-40H,12-13H2,1-2H3/b9-8+/t14-,17-,18-,20-,21-,22-,23+,24-,25-,26+,27+,28-,29-,30+,31-,32+/m0/s1. The molecule has 0 radical (unpaired) electrons. The Bertz CT molecular complexity index is 1350. The molecule has 1 saturated carbocycles. The Kier molecular flexibility index (Phi) is 10.2. The highest BCUT2D eigenvalue weighted by molar-refractivity contribution is 5.87. The summed E-state index contributed by atoms with van der Waals surface area (Å²) in [6, 6.07) is 8.97. The number of carbonyl (C=O) groups excluding carboxylic acids is 2. The predicted octanol–water partition coefficient (Wildman–Crippen LogP) is -1.90. The number of benzene rings is 1. The van der Waals surface area contributed by atoms with E-state index in [1.165, 1.54) is 25.3 Å². The number of carbonyl (C=O) groups is 2. The van der Waals surface area contributed by atoms with E-state index in [0.29, 0.717) is 0 Å². The number of hydrogen-bond donors (Lipinski definition) is 6. The van der Waals surface area contributed by atoms with E-state index in [1.807, 2.05) is 6.07 Å². The van der Waals surface area contributed by atoms with E-state index < -0.39 is 122 Å². The molecule has 0 amide bonds. The van der Waals surface area contributed by atoms with Crippen molar-refractivity contribution >= 4 is 18.0 Å². The molecule has 0 aromatic heterocycles. The van der Waals surface area contributed by atoms with Crippen LogP contribution in [0, 0.1) is 11.8 Å². The molecule has 6 N–H and O–H groups in total. The first kappa shape index (κ1) is 34.8. The number of esters is 2. The molecule has 4 aliphatic heterocycles. The van der Waals surface area contributed by atoms with Crippen molar-refractivity contribution < 1.29 is 78.1 Å². The third-order valence-electron chi connectivity index (χ3n) is 9.41. The largest absolute Gasteiger partial charge is 0.472 e. The average Bonchev–Trinajstić information content (AvgIpc) is 3.75. The van der Waals surface area contributed by atoms with Gasteiger partial charge in [0, 0.05) is 18.9 Å². The van der Waals surface area contributed by atoms with Crippen molar-refractivity contribution in [3.05, 3.63) is 54.3 Å². The van der Waals surface area contributed by atoms with Crippen LogP contribution in [0.2, 0.25) is 0 Å². The van der Waals surface area contributed by atoms with Gasteiger partial charge in [-0.1, -0.05) is 30.3 Å². The summed E-state index contributed by atoms with van der Waals surface area (Å²) < 4.78 is 46.6. The van der Waals surface area contributed by atoms with Crippen molar-refractivity contribution in [3.63, 3.8) is 0 Å². The van der Waals surface area contributed by atoms with Gasteiger partial charge in [-0.2, -0.15) is 0 Å². The van der Waals surface area contributed by atoms with Gasteiger partial charge in [-0.15, -0.1) is 0 Å². The van der Waals surface area contributed by atoms with Crippen molar-refractivity contribution in [2.24, 2.45) is 11.8 Å². The second kappa shape index (κ2) is 14.1. The van der Waals surface area contributed by atoms with Gasteiger partial charge in [-0.3, -0.25) is 4.79 Å². The van der Waals surface area contributed by atoms with Gasteiger partial charge in [0.25, 0.3) is 0 Å². The highest BCUT2D eigenvalue weighted by Gasteiger charge is 2.77. The summed E-state index contributed by atoms with van der Waals surface area (Å²) in [5.74, 6) is -2.93. The molecule has 48 heavy (non-hydrogen) atoms. The fourth-order valence-corrected chi connectivity index (χ4v) is 6.91. The van der Waals surface area contributed by atoms with Crippen LogP contribution in [0.5, 0.6) is 0 Å². The topological polar surface area (TPSA) is 233 Å². The van der Waals surface area contributed by atoms with Crippen LogP contribution in [-0.2, 0) is 47.5 Å². The summed E-state index contributed by atoms with van der Waals surface area (Å²) in [6.45, 7) is 1.52. The molecule has 4 heterocycles. The molecular weight excluding hydrogens is 640 g/mol. The van der Waals surface area contributed by atoms with Crippen LogP contribution in [0.3, 0.4) is 0 Å². The number of hydrogen-bond acceptors (Lipinski definition) is 16. The van der Waals surface area contributed by atoms with Crippen molar-refractivity contribution in [2.75, 3.05) is 13.2 Å². The lowest BCUT2D eigenvalue weighted by Crippen LogP contribution is -2.61. The van der Waals surface area contributed by atoms with Crippen molar-refractivity contribution in [1.82, 2.24) is 0 Å². The fourth-order valence-electron chi connectivity index (χ4n) is 6.91. The van der Waals surface area contributed by atoms with Crippen LogP contribution in [0.15, 0.2) is 48.7 Å². The van der Waals surface area contributed by atoms with Gasteiger partial charge in [0.1, 0.15) is 42.2 Å². The van der Waals surface area contributed by atoms with Crippen LogP contribution in [0.4, 0.5) is 0 Å². The Balaban J connectivity index is 1.23. The van der Waals surface area contributed by atoms with Crippen molar-refractivity contribution in [2.45, 2.75) is 99.4 Å². The molecule has 0 bridgehead atoms. The number of aliphatic hydroxyl groups is 6. The Hall–Kier alpha value is -3.00. The molecule has 6 rings (SSSR count). The molecule has 1 aliphatic carbocycles. The van der Waals surface area contributed by atoms with Crippen LogP contribution in [0.25, 0.3) is 6.08 Å². The Labute approximate surface area is 275 Å². The third kappa shape index (κ3) is 6.50. The van der Waals surface area contributed by atoms with Crippen molar-refractivity contribution in [3.8, 4) is 0 Å². The molecule has 4 fully saturated rings. The lowest BCUT2D eigenvalue weighted by molar-refractivity contribution is -0.347. The Morgan fingerprint density at radius 1 is 0.875 bits per heavy atom. The van der Waals surface area contributed by atoms with Crippen LogP contribution in [-0.4, -0.2) is 141 Å². The number of epoxide rings is 1. The van der Waals surface area contributed by atoms with Gasteiger partial charge in [-0.25, -0.2) is 4.79 Å². The monoisotopic (exact) mass is 680 g/mol. The zero-order valence-corrected chi connectivity index (χ0v) is 26.0. The van der Waals surface area contributed by atoms with Gasteiger partial charge in [0.15, 0.2) is 24.8 Å². The molecular formula is C32H40O16. The lowest BCUT2D eigenvalue weighted by Gasteiger charge is -2.44. The average molecular weight is 681 g/mol. The van der Waals surface area contributed by atoms with E-state index in [-0.39, 0.29) is 0 Å². The molecule has 5 aliphatic rings. The maximum absolute atomic E-state index is 13.0. The molecule has 16 heteroatoms. The predicted molar refractivity (Wildman–Crippen MR) is 157 cm³/mol. The summed E-state index contributed by atoms with van der Waals surface area (Å²) in [4.78, 5) is 25.1. The summed E-state index contributed by atoms with van der Waals surface area (Å²) in [6.07, 6.45) is -11.4. The molecule has 0 spiro atoms. The molecule has 1 aromatic rings. The summed E-state index contributed by atoms with van der Waals surface area (Å²) in [7, 11) is 0. The van der Waals surface area contributed by atoms with E-state index in [0.717, 1.165) is 12.5 Å². The van der Waals surface area contributed by atoms with Gasteiger partial charge in [0.05, 0.1) is 37.6 Å². The van der Waals surface area contributed by atoms with E-state index in [1.54, 1.807) is 30.3 Å². The van der Waals surface area contributed by atoms with Gasteiger partial charge >= 0.3 is 11.9 Å². The zero-order chi connectivity index (χ0) is 34.3. The Morgan fingerprint density at radius 2 is 1.62 bits per heavy atom. The molecule has 264 valence electrons. The molecule has 3 saturated heterocycles. The van der Waals surface area contributed by atoms with Gasteiger partial charge in [-0.05, 0) is 24.6 Å². The number of rotatable bonds is 10. The van der Waals surface area contributed by atoms with E-state index in [9.17, 15) is 40.2 Å². The second-order valence-electron chi connectivity index (χ2n) is 12.4. The van der Waals surface area contributed by atoms with Gasteiger partial charge in [0.2, 0.25) is 6.29 Å². The minimum atomic E-state index is -1.71. The fraction of sp³-hybridized carbons (Fsp3) is 0.625. The quantitative estimate of drug-likeness (QED) is 0.0900. The second-order valence-corrected chi connectivity index (χ2v) is 12.4. The smallest absolute Gasteiger partial charge is 0.331 e. The van der Waals surface area contributed by atoms with Crippen molar-refractivity contribution in [1.29, 1.82) is 0 Å². The first-order valence-corrected chi connectivity index (χ1v) is 15.7. The minimum absolute atomic E-state index is 0.496. The van der Waals surface area contributed by atoms with E-state index >= 15 is 0 Å². The van der Waals surface area contributed by atoms with E-state index in [2.05, 4.69) is 0 Å². The molecule has 0 unspecified atom stereocenters. The Morgan fingerprint density at radius 3 is 2.31 bits per heavy atom. The molecule has 16 nitrogen and oxygen atoms in total. The number of fused-ring (bicyclic) bond motifs is 3. The van der Waals surface area contributed by atoms with Crippen LogP contribution < -0.4 is 0 Å².